The van der Waals surface area contributed by atoms with E-state index in [1.54, 1.807) is 0 Å². The Morgan fingerprint density at radius 2 is 2.15 bits per heavy atom. The summed E-state index contributed by atoms with van der Waals surface area (Å²) in [6.07, 6.45) is 1.01. The fourth-order valence-electron chi connectivity index (χ4n) is 1.12. The van der Waals surface area contributed by atoms with Gasteiger partial charge < -0.3 is 5.73 Å². The Balaban J connectivity index is 2.60. The van der Waals surface area contributed by atoms with Crippen LogP contribution in [-0.2, 0) is 6.42 Å². The van der Waals surface area contributed by atoms with Gasteiger partial charge in [0, 0.05) is 11.8 Å². The average Bonchev–Trinajstić information content (AvgIpc) is 2.33. The molecule has 1 heterocycles. The lowest BCUT2D eigenvalue weighted by Gasteiger charge is -2.26. The van der Waals surface area contributed by atoms with Gasteiger partial charge in [-0.1, -0.05) is 27.7 Å². The first-order valence-corrected chi connectivity index (χ1v) is 4.69. The van der Waals surface area contributed by atoms with Crippen molar-refractivity contribution in [2.24, 2.45) is 11.3 Å². The van der Waals surface area contributed by atoms with E-state index >= 15 is 0 Å². The summed E-state index contributed by atoms with van der Waals surface area (Å²) < 4.78 is 0. The molecule has 3 N–H and O–H groups in total. The van der Waals surface area contributed by atoms with Crippen LogP contribution in [0.4, 0.5) is 5.82 Å². The molecule has 0 fully saturated rings. The van der Waals surface area contributed by atoms with Crippen molar-refractivity contribution in [1.29, 1.82) is 0 Å². The number of nitrogens with zero attached hydrogens (tertiary/aromatic N) is 1. The summed E-state index contributed by atoms with van der Waals surface area (Å²) in [5.74, 6) is 1.20. The van der Waals surface area contributed by atoms with Crippen LogP contribution in [0.25, 0.3) is 0 Å². The Morgan fingerprint density at radius 1 is 1.54 bits per heavy atom. The number of rotatable bonds is 2. The standard InChI is InChI=1S/C10H19N3/c1-7(10(2,3)4)5-8-6-9(11)13-12-8/h6-7H,5H2,1-4H3,(H3,11,12,13)/t7-/m1/s1. The number of hydrogen-bond acceptors (Lipinski definition) is 2. The summed E-state index contributed by atoms with van der Waals surface area (Å²) in [6, 6.07) is 1.90. The number of nitrogens with two attached hydrogens (primary N) is 1. The van der Waals surface area contributed by atoms with Crippen LogP contribution < -0.4 is 5.73 Å². The fourth-order valence-corrected chi connectivity index (χ4v) is 1.12. The number of nitrogens with one attached hydrogen (secondary N) is 1. The van der Waals surface area contributed by atoms with Crippen LogP contribution in [0, 0.1) is 11.3 Å². The van der Waals surface area contributed by atoms with Gasteiger partial charge >= 0.3 is 0 Å². The van der Waals surface area contributed by atoms with Crippen LogP contribution in [0.2, 0.25) is 0 Å². The molecule has 3 heteroatoms. The molecule has 1 atom stereocenters. The minimum absolute atomic E-state index is 0.333. The second kappa shape index (κ2) is 3.40. The van der Waals surface area contributed by atoms with Crippen molar-refractivity contribution >= 4 is 5.82 Å². The summed E-state index contributed by atoms with van der Waals surface area (Å²) in [5.41, 5.74) is 6.98. The van der Waals surface area contributed by atoms with Gasteiger partial charge in [0.1, 0.15) is 5.82 Å². The molecule has 0 aliphatic carbocycles. The Labute approximate surface area is 79.7 Å². The second-order valence-electron chi connectivity index (χ2n) is 4.79. The molecule has 0 bridgehead atoms. The topological polar surface area (TPSA) is 54.7 Å². The highest BCUT2D eigenvalue weighted by Crippen LogP contribution is 2.28. The van der Waals surface area contributed by atoms with Crippen molar-refractivity contribution in [2.45, 2.75) is 34.1 Å². The van der Waals surface area contributed by atoms with Crippen LogP contribution in [0.5, 0.6) is 0 Å². The molecule has 0 amide bonds. The van der Waals surface area contributed by atoms with Crippen molar-refractivity contribution in [3.63, 3.8) is 0 Å². The lowest BCUT2D eigenvalue weighted by molar-refractivity contribution is 0.258. The van der Waals surface area contributed by atoms with E-state index in [1.165, 1.54) is 0 Å². The molecule has 0 unspecified atom stereocenters. The van der Waals surface area contributed by atoms with Gasteiger partial charge in [-0.05, 0) is 17.8 Å². The van der Waals surface area contributed by atoms with Gasteiger partial charge in [0.15, 0.2) is 0 Å². The van der Waals surface area contributed by atoms with Crippen LogP contribution in [-0.4, -0.2) is 10.2 Å². The van der Waals surface area contributed by atoms with E-state index in [0.717, 1.165) is 12.1 Å². The third-order valence-electron chi connectivity index (χ3n) is 2.66. The van der Waals surface area contributed by atoms with Crippen LogP contribution in [0.1, 0.15) is 33.4 Å². The first kappa shape index (κ1) is 10.1. The minimum Gasteiger partial charge on any atom is -0.382 e. The van der Waals surface area contributed by atoms with Crippen molar-refractivity contribution in [3.05, 3.63) is 11.8 Å². The van der Waals surface area contributed by atoms with Gasteiger partial charge in [0.25, 0.3) is 0 Å². The van der Waals surface area contributed by atoms with Gasteiger partial charge in [-0.25, -0.2) is 0 Å². The van der Waals surface area contributed by atoms with Gasteiger partial charge in [-0.2, -0.15) is 5.10 Å². The minimum atomic E-state index is 0.333. The first-order valence-electron chi connectivity index (χ1n) is 4.69. The monoisotopic (exact) mass is 181 g/mol. The summed E-state index contributed by atoms with van der Waals surface area (Å²) in [4.78, 5) is 0. The van der Waals surface area contributed by atoms with E-state index in [4.69, 9.17) is 5.73 Å². The Hall–Kier alpha value is -0.990. The van der Waals surface area contributed by atoms with Crippen molar-refractivity contribution in [3.8, 4) is 0 Å². The Morgan fingerprint density at radius 3 is 2.54 bits per heavy atom. The normalized spacial score (nSPS) is 14.5. The smallest absolute Gasteiger partial charge is 0.145 e. The molecule has 3 nitrogen and oxygen atoms in total. The van der Waals surface area contributed by atoms with E-state index in [1.807, 2.05) is 6.07 Å². The summed E-state index contributed by atoms with van der Waals surface area (Å²) in [5, 5.41) is 6.84. The van der Waals surface area contributed by atoms with Crippen LogP contribution in [0.15, 0.2) is 6.07 Å². The lowest BCUT2D eigenvalue weighted by Crippen LogP contribution is -2.19. The van der Waals surface area contributed by atoms with E-state index in [-0.39, 0.29) is 0 Å². The highest BCUT2D eigenvalue weighted by Gasteiger charge is 2.20. The first-order chi connectivity index (χ1) is 5.89. The zero-order valence-electron chi connectivity index (χ0n) is 8.89. The zero-order chi connectivity index (χ0) is 10.1. The average molecular weight is 181 g/mol. The number of aromatic nitrogens is 2. The molecular weight excluding hydrogens is 162 g/mol. The molecule has 0 aliphatic rings. The largest absolute Gasteiger partial charge is 0.382 e. The maximum absolute atomic E-state index is 5.52. The Kier molecular flexibility index (Phi) is 2.64. The van der Waals surface area contributed by atoms with Crippen LogP contribution in [0.3, 0.4) is 0 Å². The predicted octanol–water partition coefficient (Wildman–Crippen LogP) is 2.22. The molecule has 74 valence electrons. The third-order valence-corrected chi connectivity index (χ3v) is 2.66. The van der Waals surface area contributed by atoms with E-state index < -0.39 is 0 Å². The van der Waals surface area contributed by atoms with E-state index in [2.05, 4.69) is 37.9 Å². The molecule has 0 radical (unpaired) electrons. The fraction of sp³-hybridized carbons (Fsp3) is 0.700. The number of hydrogen-bond donors (Lipinski definition) is 2. The zero-order valence-corrected chi connectivity index (χ0v) is 8.89. The maximum atomic E-state index is 5.52. The second-order valence-corrected chi connectivity index (χ2v) is 4.79. The van der Waals surface area contributed by atoms with E-state index in [0.29, 0.717) is 17.2 Å². The van der Waals surface area contributed by atoms with Gasteiger partial charge in [-0.15, -0.1) is 0 Å². The third kappa shape index (κ3) is 2.76. The molecule has 0 aliphatic heterocycles. The molecule has 0 spiro atoms. The lowest BCUT2D eigenvalue weighted by atomic mass is 9.79. The predicted molar refractivity (Wildman–Crippen MR) is 55.3 cm³/mol. The molecule has 1 rings (SSSR count). The molecule has 1 aromatic rings. The molecule has 0 saturated heterocycles. The maximum Gasteiger partial charge on any atom is 0.145 e. The number of H-pyrrole nitrogens is 1. The van der Waals surface area contributed by atoms with Crippen LogP contribution >= 0.6 is 0 Å². The summed E-state index contributed by atoms with van der Waals surface area (Å²) >= 11 is 0. The van der Waals surface area contributed by atoms with Gasteiger partial charge in [0.05, 0.1) is 0 Å². The molecule has 0 saturated carbocycles. The molecule has 0 aromatic carbocycles. The number of anilines is 1. The highest BCUT2D eigenvalue weighted by atomic mass is 15.1. The van der Waals surface area contributed by atoms with Gasteiger partial charge in [0.2, 0.25) is 0 Å². The SMILES string of the molecule is C[C@H](Cc1cc(N)n[nH]1)C(C)(C)C. The molecular formula is C10H19N3. The highest BCUT2D eigenvalue weighted by molar-refractivity contribution is 5.28. The van der Waals surface area contributed by atoms with Crippen molar-refractivity contribution in [1.82, 2.24) is 10.2 Å². The van der Waals surface area contributed by atoms with Gasteiger partial charge in [-0.3, -0.25) is 5.10 Å². The molecule has 1 aromatic heterocycles. The Bertz CT molecular complexity index is 270. The molecule has 13 heavy (non-hydrogen) atoms. The number of nitrogen functional groups attached to an aromatic ring is 1. The summed E-state index contributed by atoms with van der Waals surface area (Å²) in [7, 11) is 0. The van der Waals surface area contributed by atoms with Crippen molar-refractivity contribution in [2.75, 3.05) is 5.73 Å². The van der Waals surface area contributed by atoms with Crippen molar-refractivity contribution < 1.29 is 0 Å². The van der Waals surface area contributed by atoms with E-state index in [9.17, 15) is 0 Å². The summed E-state index contributed by atoms with van der Waals surface area (Å²) in [6.45, 7) is 8.99. The number of aromatic amines is 1. The quantitative estimate of drug-likeness (QED) is 0.735.